The molecule has 0 spiro atoms. The van der Waals surface area contributed by atoms with Gasteiger partial charge in [0.25, 0.3) is 5.91 Å². The Morgan fingerprint density at radius 2 is 2.10 bits per heavy atom. The lowest BCUT2D eigenvalue weighted by atomic mass is 9.94. The molecule has 3 N–H and O–H groups in total. The molecule has 6 nitrogen and oxygen atoms in total. The lowest BCUT2D eigenvalue weighted by Gasteiger charge is -2.12. The van der Waals surface area contributed by atoms with Crippen LogP contribution in [0.25, 0.3) is 0 Å². The third-order valence-corrected chi connectivity index (χ3v) is 3.83. The molecule has 114 valence electrons. The number of hydrogen-bond acceptors (Lipinski definition) is 3. The molecule has 0 aromatic carbocycles. The fraction of sp³-hybridized carbons (Fsp3) is 0.533. The number of hydrogen-bond donors (Lipinski definition) is 3. The van der Waals surface area contributed by atoms with Crippen molar-refractivity contribution in [1.82, 2.24) is 10.3 Å². The van der Waals surface area contributed by atoms with E-state index in [2.05, 4.69) is 10.3 Å². The summed E-state index contributed by atoms with van der Waals surface area (Å²) in [6, 6.07) is -0.232. The Hall–Kier alpha value is -2.11. The number of carboxylic acids is 1. The van der Waals surface area contributed by atoms with Crippen molar-refractivity contribution >= 4 is 17.7 Å². The predicted octanol–water partition coefficient (Wildman–Crippen LogP) is 1.83. The maximum atomic E-state index is 12.2. The summed E-state index contributed by atoms with van der Waals surface area (Å²) in [5.41, 5.74) is 2.60. The molecule has 2 rings (SSSR count). The Bertz CT molecular complexity index is 589. The Labute approximate surface area is 122 Å². The van der Waals surface area contributed by atoms with E-state index in [9.17, 15) is 14.4 Å². The number of H-pyrrole nitrogens is 1. The molecule has 0 saturated carbocycles. The quantitative estimate of drug-likeness (QED) is 0.770. The molecule has 1 aliphatic carbocycles. The minimum atomic E-state index is -0.881. The Kier molecular flexibility index (Phi) is 4.45. The first-order chi connectivity index (χ1) is 9.90. The van der Waals surface area contributed by atoms with Crippen LogP contribution in [-0.4, -0.2) is 33.8 Å². The fourth-order valence-electron chi connectivity index (χ4n) is 2.71. The molecule has 1 unspecified atom stereocenters. The molecule has 0 saturated heterocycles. The Morgan fingerprint density at radius 1 is 1.38 bits per heavy atom. The average Bonchev–Trinajstić information content (AvgIpc) is 2.75. The molecule has 0 bridgehead atoms. The second-order valence-corrected chi connectivity index (χ2v) is 5.56. The second kappa shape index (κ2) is 6.11. The van der Waals surface area contributed by atoms with Gasteiger partial charge in [0.05, 0.1) is 0 Å². The normalized spacial score (nSPS) is 15.4. The van der Waals surface area contributed by atoms with E-state index in [1.54, 1.807) is 13.8 Å². The number of amides is 1. The molecule has 1 aliphatic rings. The summed E-state index contributed by atoms with van der Waals surface area (Å²) < 4.78 is 0. The van der Waals surface area contributed by atoms with E-state index >= 15 is 0 Å². The highest BCUT2D eigenvalue weighted by Gasteiger charge is 2.26. The van der Waals surface area contributed by atoms with Crippen LogP contribution in [0.3, 0.4) is 0 Å². The third kappa shape index (κ3) is 3.32. The summed E-state index contributed by atoms with van der Waals surface area (Å²) in [7, 11) is 0. The van der Waals surface area contributed by atoms with Gasteiger partial charge in [0.1, 0.15) is 5.69 Å². The van der Waals surface area contributed by atoms with E-state index in [0.29, 0.717) is 29.7 Å². The van der Waals surface area contributed by atoms with Crippen LogP contribution < -0.4 is 5.32 Å². The summed E-state index contributed by atoms with van der Waals surface area (Å²) in [6.07, 6.45) is 2.51. The van der Waals surface area contributed by atoms with Gasteiger partial charge in [0.2, 0.25) is 0 Å². The van der Waals surface area contributed by atoms with Crippen molar-refractivity contribution in [3.05, 3.63) is 22.5 Å². The van der Waals surface area contributed by atoms with Gasteiger partial charge in [-0.2, -0.15) is 0 Å². The number of aromatic nitrogens is 1. The summed E-state index contributed by atoms with van der Waals surface area (Å²) >= 11 is 0. The maximum Gasteiger partial charge on any atom is 0.303 e. The van der Waals surface area contributed by atoms with Gasteiger partial charge in [-0.3, -0.25) is 14.4 Å². The van der Waals surface area contributed by atoms with Crippen molar-refractivity contribution in [1.29, 1.82) is 0 Å². The minimum Gasteiger partial charge on any atom is -0.481 e. The van der Waals surface area contributed by atoms with Gasteiger partial charge in [-0.05, 0) is 38.7 Å². The molecule has 1 aromatic rings. The molecule has 0 fully saturated rings. The SMILES string of the molecule is Cc1c(C(=O)NC(C)CCC(=O)O)[nH]c2c1C(=O)CCC2. The highest BCUT2D eigenvalue weighted by atomic mass is 16.4. The second-order valence-electron chi connectivity index (χ2n) is 5.56. The molecular weight excluding hydrogens is 272 g/mol. The lowest BCUT2D eigenvalue weighted by Crippen LogP contribution is -2.33. The van der Waals surface area contributed by atoms with Crippen LogP contribution in [0.4, 0.5) is 0 Å². The van der Waals surface area contributed by atoms with Crippen molar-refractivity contribution in [2.45, 2.75) is 52.0 Å². The molecule has 6 heteroatoms. The molecule has 1 aromatic heterocycles. The Balaban J connectivity index is 2.10. The van der Waals surface area contributed by atoms with E-state index < -0.39 is 5.97 Å². The summed E-state index contributed by atoms with van der Waals surface area (Å²) in [6.45, 7) is 3.54. The van der Waals surface area contributed by atoms with Gasteiger partial charge in [-0.15, -0.1) is 0 Å². The zero-order valence-electron chi connectivity index (χ0n) is 12.3. The van der Waals surface area contributed by atoms with Gasteiger partial charge in [0.15, 0.2) is 5.78 Å². The third-order valence-electron chi connectivity index (χ3n) is 3.83. The summed E-state index contributed by atoms with van der Waals surface area (Å²) in [5, 5.41) is 11.4. The molecule has 1 atom stereocenters. The zero-order valence-corrected chi connectivity index (χ0v) is 12.3. The van der Waals surface area contributed by atoms with E-state index in [0.717, 1.165) is 18.5 Å². The fourth-order valence-corrected chi connectivity index (χ4v) is 2.71. The van der Waals surface area contributed by atoms with Crippen molar-refractivity contribution in [2.75, 3.05) is 0 Å². The van der Waals surface area contributed by atoms with Crippen LogP contribution in [0.1, 0.15) is 64.7 Å². The van der Waals surface area contributed by atoms with E-state index in [1.807, 2.05) is 0 Å². The van der Waals surface area contributed by atoms with E-state index in [4.69, 9.17) is 5.11 Å². The van der Waals surface area contributed by atoms with Crippen molar-refractivity contribution in [3.8, 4) is 0 Å². The first-order valence-electron chi connectivity index (χ1n) is 7.17. The first-order valence-corrected chi connectivity index (χ1v) is 7.17. The van der Waals surface area contributed by atoms with Crippen LogP contribution in [-0.2, 0) is 11.2 Å². The van der Waals surface area contributed by atoms with Crippen LogP contribution >= 0.6 is 0 Å². The lowest BCUT2D eigenvalue weighted by molar-refractivity contribution is -0.137. The molecule has 21 heavy (non-hydrogen) atoms. The predicted molar refractivity (Wildman–Crippen MR) is 76.6 cm³/mol. The van der Waals surface area contributed by atoms with Gasteiger partial charge in [0, 0.05) is 30.1 Å². The monoisotopic (exact) mass is 292 g/mol. The van der Waals surface area contributed by atoms with Crippen LogP contribution in [0.5, 0.6) is 0 Å². The van der Waals surface area contributed by atoms with Crippen LogP contribution in [0.15, 0.2) is 0 Å². The zero-order chi connectivity index (χ0) is 15.6. The highest BCUT2D eigenvalue weighted by molar-refractivity contribution is 6.04. The van der Waals surface area contributed by atoms with Gasteiger partial charge in [-0.25, -0.2) is 0 Å². The van der Waals surface area contributed by atoms with Crippen molar-refractivity contribution in [3.63, 3.8) is 0 Å². The minimum absolute atomic E-state index is 0.0140. The molecule has 0 radical (unpaired) electrons. The van der Waals surface area contributed by atoms with Gasteiger partial charge in [-0.1, -0.05) is 0 Å². The number of ketones is 1. The van der Waals surface area contributed by atoms with E-state index in [-0.39, 0.29) is 24.2 Å². The van der Waals surface area contributed by atoms with Crippen molar-refractivity contribution < 1.29 is 19.5 Å². The standard InChI is InChI=1S/C15H20N2O4/c1-8(6-7-12(19)20)16-15(21)14-9(2)13-10(17-14)4-3-5-11(13)18/h8,17H,3-7H2,1-2H3,(H,16,21)(H,19,20). The topological polar surface area (TPSA) is 99.3 Å². The Morgan fingerprint density at radius 3 is 2.71 bits per heavy atom. The number of aromatic amines is 1. The molecular formula is C15H20N2O4. The molecule has 0 aliphatic heterocycles. The van der Waals surface area contributed by atoms with Crippen LogP contribution in [0.2, 0.25) is 0 Å². The number of Topliss-reactive ketones (excluding diaryl/α,β-unsaturated/α-hetero) is 1. The summed E-state index contributed by atoms with van der Waals surface area (Å²) in [5.74, 6) is -1.08. The number of fused-ring (bicyclic) bond motifs is 1. The van der Waals surface area contributed by atoms with Crippen LogP contribution in [0, 0.1) is 6.92 Å². The smallest absolute Gasteiger partial charge is 0.303 e. The molecule has 1 heterocycles. The average molecular weight is 292 g/mol. The summed E-state index contributed by atoms with van der Waals surface area (Å²) in [4.78, 5) is 37.7. The molecule has 1 amide bonds. The van der Waals surface area contributed by atoms with Gasteiger partial charge < -0.3 is 15.4 Å². The first kappa shape index (κ1) is 15.3. The number of nitrogens with one attached hydrogen (secondary N) is 2. The largest absolute Gasteiger partial charge is 0.481 e. The van der Waals surface area contributed by atoms with Gasteiger partial charge >= 0.3 is 5.97 Å². The highest BCUT2D eigenvalue weighted by Crippen LogP contribution is 2.26. The van der Waals surface area contributed by atoms with E-state index in [1.165, 1.54) is 0 Å². The number of rotatable bonds is 5. The number of aryl methyl sites for hydroxylation is 1. The maximum absolute atomic E-state index is 12.2. The number of aliphatic carboxylic acids is 1. The van der Waals surface area contributed by atoms with Crippen molar-refractivity contribution in [2.24, 2.45) is 0 Å². The number of carboxylic acid groups (broad SMARTS) is 1. The number of carbonyl (C=O) groups is 3. The number of carbonyl (C=O) groups excluding carboxylic acids is 2.